The van der Waals surface area contributed by atoms with Crippen LogP contribution >= 0.6 is 0 Å². The summed E-state index contributed by atoms with van der Waals surface area (Å²) in [5.74, 6) is 0. The summed E-state index contributed by atoms with van der Waals surface area (Å²) >= 11 is 0. The van der Waals surface area contributed by atoms with Crippen LogP contribution in [0.3, 0.4) is 0 Å². The van der Waals surface area contributed by atoms with E-state index in [0.29, 0.717) is 0 Å². The number of nitrogens with zero attached hydrogens (tertiary/aromatic N) is 1. The van der Waals surface area contributed by atoms with E-state index in [4.69, 9.17) is 0 Å². The molecule has 0 aliphatic heterocycles. The van der Waals surface area contributed by atoms with Gasteiger partial charge in [0.05, 0.1) is 16.4 Å². The van der Waals surface area contributed by atoms with Crippen LogP contribution in [0.25, 0.3) is 60.9 Å². The molecule has 0 atom stereocenters. The van der Waals surface area contributed by atoms with E-state index in [9.17, 15) is 0 Å². The largest absolute Gasteiger partial charge is 0.309 e. The van der Waals surface area contributed by atoms with Crippen molar-refractivity contribution >= 4 is 21.8 Å². The Morgan fingerprint density at radius 2 is 0.893 bits per heavy atom. The van der Waals surface area contributed by atoms with Gasteiger partial charge in [-0.05, 0) is 96.1 Å². The molecule has 1 heterocycles. The third-order valence-electron chi connectivity index (χ3n) is 13.8. The molecule has 0 spiro atoms. The van der Waals surface area contributed by atoms with Gasteiger partial charge in [-0.25, -0.2) is 0 Å². The number of rotatable bonds is 3. The molecule has 1 aromatic heterocycles. The van der Waals surface area contributed by atoms with Gasteiger partial charge in [0, 0.05) is 27.3 Å². The molecule has 56 heavy (non-hydrogen) atoms. The molecule has 9 aromatic rings. The lowest BCUT2D eigenvalue weighted by Crippen LogP contribution is -2.28. The molecule has 3 aliphatic carbocycles. The zero-order valence-corrected chi connectivity index (χ0v) is 32.2. The van der Waals surface area contributed by atoms with Crippen LogP contribution in [-0.4, -0.2) is 4.57 Å². The zero-order valence-electron chi connectivity index (χ0n) is 32.2. The summed E-state index contributed by atoms with van der Waals surface area (Å²) in [4.78, 5) is 0. The first kappa shape index (κ1) is 31.9. The van der Waals surface area contributed by atoms with Crippen molar-refractivity contribution in [3.63, 3.8) is 0 Å². The van der Waals surface area contributed by atoms with Crippen LogP contribution in [0.4, 0.5) is 0 Å². The average Bonchev–Trinajstić information content (AvgIpc) is 3.89. The second-order valence-electron chi connectivity index (χ2n) is 17.2. The topological polar surface area (TPSA) is 4.93 Å². The SMILES string of the molecule is CC1(C)c2ccccc2-c2c1c1c(c3c2c2ccccc2n3-c2ccc3c(c2)C(c2ccccc2)(c2ccccc2)c2ccccc2-3)C(C)(C)c2ccccc2-1. The van der Waals surface area contributed by atoms with Crippen molar-refractivity contribution in [2.45, 2.75) is 43.9 Å². The minimum Gasteiger partial charge on any atom is -0.309 e. The summed E-state index contributed by atoms with van der Waals surface area (Å²) in [6.45, 7) is 9.80. The Labute approximate surface area is 328 Å². The van der Waals surface area contributed by atoms with Crippen LogP contribution in [-0.2, 0) is 16.2 Å². The molecular formula is C55H41N. The fourth-order valence-corrected chi connectivity index (χ4v) is 11.6. The lowest BCUT2D eigenvalue weighted by molar-refractivity contribution is 0.650. The first-order valence-corrected chi connectivity index (χ1v) is 20.0. The normalized spacial score (nSPS) is 15.9. The first-order valence-electron chi connectivity index (χ1n) is 20.0. The average molecular weight is 716 g/mol. The molecule has 0 radical (unpaired) electrons. The van der Waals surface area contributed by atoms with Crippen molar-refractivity contribution in [1.29, 1.82) is 0 Å². The van der Waals surface area contributed by atoms with Crippen LogP contribution in [0.15, 0.2) is 176 Å². The van der Waals surface area contributed by atoms with Gasteiger partial charge in [-0.2, -0.15) is 0 Å². The van der Waals surface area contributed by atoms with Crippen molar-refractivity contribution in [3.8, 4) is 39.1 Å². The monoisotopic (exact) mass is 715 g/mol. The Morgan fingerprint density at radius 1 is 0.393 bits per heavy atom. The van der Waals surface area contributed by atoms with Gasteiger partial charge in [0.15, 0.2) is 0 Å². The van der Waals surface area contributed by atoms with Gasteiger partial charge in [-0.1, -0.05) is 185 Å². The molecule has 0 saturated carbocycles. The van der Waals surface area contributed by atoms with Gasteiger partial charge in [-0.3, -0.25) is 0 Å². The highest BCUT2D eigenvalue weighted by molar-refractivity contribution is 6.22. The molecule has 0 saturated heterocycles. The number of para-hydroxylation sites is 1. The summed E-state index contributed by atoms with van der Waals surface area (Å²) in [6, 6.07) is 66.3. The fraction of sp³-hybridized carbons (Fsp3) is 0.127. The first-order chi connectivity index (χ1) is 27.3. The zero-order chi connectivity index (χ0) is 37.6. The second-order valence-corrected chi connectivity index (χ2v) is 17.2. The Hall–Kier alpha value is -6.44. The highest BCUT2D eigenvalue weighted by atomic mass is 15.0. The molecule has 8 aromatic carbocycles. The lowest BCUT2D eigenvalue weighted by Gasteiger charge is -2.34. The molecule has 0 fully saturated rings. The standard InChI is InChI=1S/C55H41N/c1-53(2)42-27-15-12-24-39(42)47-48-41-26-14-18-30-46(41)56(52(48)51-49(50(47)53)40-25-13-16-28-43(40)54(51,3)4)36-31-32-38-37-23-11-17-29-44(37)55(45(38)33-36,34-19-7-5-8-20-34)35-21-9-6-10-22-35/h5-33H,1-4H3. The van der Waals surface area contributed by atoms with Crippen molar-refractivity contribution in [3.05, 3.63) is 220 Å². The van der Waals surface area contributed by atoms with E-state index in [1.54, 1.807) is 0 Å². The van der Waals surface area contributed by atoms with E-state index in [1.807, 2.05) is 0 Å². The summed E-state index contributed by atoms with van der Waals surface area (Å²) in [7, 11) is 0. The quantitative estimate of drug-likeness (QED) is 0.172. The molecular weight excluding hydrogens is 675 g/mol. The Kier molecular flexibility index (Phi) is 6.18. The van der Waals surface area contributed by atoms with Crippen LogP contribution in [0, 0.1) is 0 Å². The molecule has 1 heteroatoms. The third-order valence-corrected chi connectivity index (χ3v) is 13.8. The molecule has 266 valence electrons. The molecule has 12 rings (SSSR count). The van der Waals surface area contributed by atoms with Crippen molar-refractivity contribution in [1.82, 2.24) is 4.57 Å². The number of fused-ring (bicyclic) bond motifs is 15. The van der Waals surface area contributed by atoms with Gasteiger partial charge in [0.2, 0.25) is 0 Å². The fourth-order valence-electron chi connectivity index (χ4n) is 11.6. The van der Waals surface area contributed by atoms with Crippen LogP contribution in [0.2, 0.25) is 0 Å². The van der Waals surface area contributed by atoms with Crippen LogP contribution in [0.1, 0.15) is 72.2 Å². The van der Waals surface area contributed by atoms with Gasteiger partial charge >= 0.3 is 0 Å². The lowest BCUT2D eigenvalue weighted by atomic mass is 9.67. The van der Waals surface area contributed by atoms with Crippen molar-refractivity contribution in [2.24, 2.45) is 0 Å². The highest BCUT2D eigenvalue weighted by Gasteiger charge is 2.49. The van der Waals surface area contributed by atoms with E-state index in [-0.39, 0.29) is 10.8 Å². The number of benzene rings is 8. The highest BCUT2D eigenvalue weighted by Crippen LogP contribution is 2.64. The minimum absolute atomic E-state index is 0.161. The summed E-state index contributed by atoms with van der Waals surface area (Å²) in [5.41, 5.74) is 22.0. The number of aromatic nitrogens is 1. The smallest absolute Gasteiger partial charge is 0.0714 e. The van der Waals surface area contributed by atoms with Gasteiger partial charge in [-0.15, -0.1) is 0 Å². The van der Waals surface area contributed by atoms with E-state index >= 15 is 0 Å². The van der Waals surface area contributed by atoms with Gasteiger partial charge < -0.3 is 4.57 Å². The predicted molar refractivity (Wildman–Crippen MR) is 233 cm³/mol. The Morgan fingerprint density at radius 3 is 1.55 bits per heavy atom. The molecule has 0 bridgehead atoms. The summed E-state index contributed by atoms with van der Waals surface area (Å²) in [5, 5.41) is 2.68. The maximum Gasteiger partial charge on any atom is 0.0714 e. The second kappa shape index (κ2) is 10.9. The third kappa shape index (κ3) is 3.72. The van der Waals surface area contributed by atoms with Gasteiger partial charge in [0.25, 0.3) is 0 Å². The summed E-state index contributed by atoms with van der Waals surface area (Å²) < 4.78 is 2.63. The minimum atomic E-state index is -0.481. The maximum atomic E-state index is 2.63. The Balaban J connectivity index is 1.27. The Bertz CT molecular complexity index is 3080. The van der Waals surface area contributed by atoms with Crippen LogP contribution in [0.5, 0.6) is 0 Å². The van der Waals surface area contributed by atoms with E-state index in [2.05, 4.69) is 208 Å². The molecule has 0 unspecified atom stereocenters. The van der Waals surface area contributed by atoms with E-state index in [0.717, 1.165) is 0 Å². The summed E-state index contributed by atoms with van der Waals surface area (Å²) in [6.07, 6.45) is 0. The predicted octanol–water partition coefficient (Wildman–Crippen LogP) is 13.8. The van der Waals surface area contributed by atoms with Crippen molar-refractivity contribution in [2.75, 3.05) is 0 Å². The molecule has 1 nitrogen and oxygen atoms in total. The molecule has 0 amide bonds. The van der Waals surface area contributed by atoms with Crippen molar-refractivity contribution < 1.29 is 0 Å². The van der Waals surface area contributed by atoms with Gasteiger partial charge in [0.1, 0.15) is 0 Å². The van der Waals surface area contributed by atoms with Crippen LogP contribution < -0.4 is 0 Å². The van der Waals surface area contributed by atoms with E-state index in [1.165, 1.54) is 105 Å². The number of hydrogen-bond acceptors (Lipinski definition) is 0. The molecule has 0 N–H and O–H groups in total. The number of hydrogen-bond donors (Lipinski definition) is 0. The maximum absolute atomic E-state index is 2.63. The molecule has 3 aliphatic rings. The van der Waals surface area contributed by atoms with E-state index < -0.39 is 5.41 Å².